The molecule has 0 aromatic carbocycles. The maximum absolute atomic E-state index is 11.5. The third kappa shape index (κ3) is 3.95. The highest BCUT2D eigenvalue weighted by Gasteiger charge is 2.51. The van der Waals surface area contributed by atoms with Crippen LogP contribution in [-0.2, 0) is 4.79 Å². The number of aliphatic hydroxyl groups is 1. The Morgan fingerprint density at radius 3 is 2.00 bits per heavy atom. The molecule has 4 nitrogen and oxygen atoms in total. The number of hydrogen-bond acceptors (Lipinski definition) is 3. The first-order valence-electron chi connectivity index (χ1n) is 6.65. The van der Waals surface area contributed by atoms with Gasteiger partial charge in [-0.25, -0.2) is 0 Å². The van der Waals surface area contributed by atoms with Gasteiger partial charge in [0.15, 0.2) is 0 Å². The van der Waals surface area contributed by atoms with Crippen molar-refractivity contribution in [1.29, 1.82) is 0 Å². The van der Waals surface area contributed by atoms with Gasteiger partial charge in [0.2, 0.25) is 0 Å². The molecule has 110 valence electrons. The number of aliphatic carboxylic acids is 1. The summed E-state index contributed by atoms with van der Waals surface area (Å²) >= 11 is 0. The average molecular weight is 261 g/mol. The second-order valence-corrected chi connectivity index (χ2v) is 5.77. The van der Waals surface area contributed by atoms with Crippen molar-refractivity contribution in [1.82, 2.24) is 6.15 Å². The van der Waals surface area contributed by atoms with Crippen molar-refractivity contribution >= 4 is 5.97 Å². The fraction of sp³-hybridized carbons (Fsp3) is 0.929. The summed E-state index contributed by atoms with van der Waals surface area (Å²) in [6.45, 7) is 9.54. The van der Waals surface area contributed by atoms with Gasteiger partial charge in [-0.05, 0) is 25.2 Å². The fourth-order valence-electron chi connectivity index (χ4n) is 2.37. The van der Waals surface area contributed by atoms with Crippen LogP contribution in [0.25, 0.3) is 0 Å². The molecular formula is C14H31NO3. The third-order valence-corrected chi connectivity index (χ3v) is 4.31. The lowest BCUT2D eigenvalue weighted by molar-refractivity contribution is -0.168. The predicted molar refractivity (Wildman–Crippen MR) is 75.0 cm³/mol. The second kappa shape index (κ2) is 7.74. The Bertz CT molecular complexity index is 253. The molecule has 0 aliphatic rings. The van der Waals surface area contributed by atoms with Gasteiger partial charge in [-0.2, -0.15) is 0 Å². The van der Waals surface area contributed by atoms with Crippen molar-refractivity contribution < 1.29 is 15.0 Å². The van der Waals surface area contributed by atoms with Crippen LogP contribution < -0.4 is 6.15 Å². The summed E-state index contributed by atoms with van der Waals surface area (Å²) in [4.78, 5) is 11.5. The van der Waals surface area contributed by atoms with E-state index in [1.165, 1.54) is 0 Å². The Morgan fingerprint density at radius 1 is 1.17 bits per heavy atom. The van der Waals surface area contributed by atoms with Crippen molar-refractivity contribution in [3.05, 3.63) is 0 Å². The minimum atomic E-state index is -1.07. The van der Waals surface area contributed by atoms with Crippen molar-refractivity contribution in [2.75, 3.05) is 0 Å². The maximum Gasteiger partial charge on any atom is 0.312 e. The van der Waals surface area contributed by atoms with E-state index >= 15 is 0 Å². The normalized spacial score (nSPS) is 16.6. The van der Waals surface area contributed by atoms with E-state index in [-0.39, 0.29) is 6.15 Å². The molecule has 0 saturated carbocycles. The molecule has 5 N–H and O–H groups in total. The van der Waals surface area contributed by atoms with Gasteiger partial charge in [0.25, 0.3) is 0 Å². The molecule has 0 bridgehead atoms. The van der Waals surface area contributed by atoms with Crippen LogP contribution in [-0.4, -0.2) is 22.3 Å². The van der Waals surface area contributed by atoms with Gasteiger partial charge in [0.1, 0.15) is 0 Å². The summed E-state index contributed by atoms with van der Waals surface area (Å²) in [5, 5.41) is 19.5. The molecular weight excluding hydrogens is 230 g/mol. The van der Waals surface area contributed by atoms with Crippen LogP contribution in [0.5, 0.6) is 0 Å². The number of hydrogen-bond donors (Lipinski definition) is 3. The monoisotopic (exact) mass is 261 g/mol. The van der Waals surface area contributed by atoms with Crippen LogP contribution in [0.15, 0.2) is 0 Å². The Hall–Kier alpha value is -0.610. The zero-order valence-electron chi connectivity index (χ0n) is 12.6. The Balaban J connectivity index is 0. The molecule has 0 aliphatic heterocycles. The topological polar surface area (TPSA) is 92.5 Å². The minimum Gasteiger partial charge on any atom is -0.481 e. The largest absolute Gasteiger partial charge is 0.481 e. The Labute approximate surface area is 111 Å². The van der Waals surface area contributed by atoms with Crippen molar-refractivity contribution in [2.45, 2.75) is 72.8 Å². The standard InChI is InChI=1S/C14H28O3.H3N/c1-6-8-9-10-13(3,4)14(5,12(16)17)11(15)7-2;/h11,15H,6-10H2,1-5H3,(H,16,17);1H3. The lowest BCUT2D eigenvalue weighted by Gasteiger charge is -2.44. The molecule has 0 rings (SSSR count). The van der Waals surface area contributed by atoms with E-state index in [4.69, 9.17) is 0 Å². The predicted octanol–water partition coefficient (Wildman–Crippen LogP) is 3.62. The van der Waals surface area contributed by atoms with Gasteiger partial charge in [0.05, 0.1) is 11.5 Å². The van der Waals surface area contributed by atoms with Gasteiger partial charge in [-0.1, -0.05) is 47.0 Å². The number of aliphatic hydroxyl groups excluding tert-OH is 1. The van der Waals surface area contributed by atoms with Gasteiger partial charge >= 0.3 is 5.97 Å². The van der Waals surface area contributed by atoms with Crippen molar-refractivity contribution in [3.8, 4) is 0 Å². The number of carbonyl (C=O) groups is 1. The molecule has 0 heterocycles. The summed E-state index contributed by atoms with van der Waals surface area (Å²) in [5.41, 5.74) is -1.47. The van der Waals surface area contributed by atoms with E-state index in [0.717, 1.165) is 25.7 Å². The molecule has 0 fully saturated rings. The number of carboxylic acid groups (broad SMARTS) is 1. The number of unbranched alkanes of at least 4 members (excludes halogenated alkanes) is 2. The Kier molecular flexibility index (Phi) is 8.49. The van der Waals surface area contributed by atoms with Crippen LogP contribution in [0, 0.1) is 10.8 Å². The first-order chi connectivity index (χ1) is 7.74. The van der Waals surface area contributed by atoms with E-state index < -0.39 is 22.9 Å². The van der Waals surface area contributed by atoms with E-state index in [0.29, 0.717) is 6.42 Å². The van der Waals surface area contributed by atoms with Gasteiger partial charge < -0.3 is 16.4 Å². The lowest BCUT2D eigenvalue weighted by atomic mass is 9.61. The minimum absolute atomic E-state index is 0. The van der Waals surface area contributed by atoms with Gasteiger partial charge in [-0.15, -0.1) is 0 Å². The maximum atomic E-state index is 11.5. The van der Waals surface area contributed by atoms with E-state index in [1.807, 2.05) is 20.8 Å². The number of rotatable bonds is 8. The summed E-state index contributed by atoms with van der Waals surface area (Å²) in [6, 6.07) is 0. The van der Waals surface area contributed by atoms with E-state index in [1.54, 1.807) is 6.92 Å². The van der Waals surface area contributed by atoms with Crippen LogP contribution in [0.2, 0.25) is 0 Å². The highest BCUT2D eigenvalue weighted by atomic mass is 16.4. The van der Waals surface area contributed by atoms with E-state index in [2.05, 4.69) is 6.92 Å². The van der Waals surface area contributed by atoms with Crippen molar-refractivity contribution in [3.63, 3.8) is 0 Å². The number of carboxylic acids is 1. The summed E-state index contributed by atoms with van der Waals surface area (Å²) in [5.74, 6) is -0.895. The molecule has 0 saturated heterocycles. The third-order valence-electron chi connectivity index (χ3n) is 4.31. The highest BCUT2D eigenvalue weighted by molar-refractivity contribution is 5.76. The highest BCUT2D eigenvalue weighted by Crippen LogP contribution is 2.46. The molecule has 0 spiro atoms. The Morgan fingerprint density at radius 2 is 1.67 bits per heavy atom. The summed E-state index contributed by atoms with van der Waals surface area (Å²) in [6.07, 6.45) is 3.76. The second-order valence-electron chi connectivity index (χ2n) is 5.77. The molecule has 0 amide bonds. The molecule has 2 unspecified atom stereocenters. The molecule has 0 aliphatic carbocycles. The van der Waals surface area contributed by atoms with Crippen LogP contribution >= 0.6 is 0 Å². The van der Waals surface area contributed by atoms with Crippen LogP contribution in [0.4, 0.5) is 0 Å². The molecule has 0 radical (unpaired) electrons. The van der Waals surface area contributed by atoms with Crippen molar-refractivity contribution in [2.24, 2.45) is 10.8 Å². The van der Waals surface area contributed by atoms with Crippen LogP contribution in [0.1, 0.15) is 66.7 Å². The van der Waals surface area contributed by atoms with Crippen LogP contribution in [0.3, 0.4) is 0 Å². The summed E-state index contributed by atoms with van der Waals surface area (Å²) < 4.78 is 0. The average Bonchev–Trinajstić information content (AvgIpc) is 2.26. The zero-order valence-corrected chi connectivity index (χ0v) is 12.6. The fourth-order valence-corrected chi connectivity index (χ4v) is 2.37. The smallest absolute Gasteiger partial charge is 0.312 e. The van der Waals surface area contributed by atoms with E-state index in [9.17, 15) is 15.0 Å². The molecule has 2 atom stereocenters. The molecule has 0 aromatic heterocycles. The first-order valence-corrected chi connectivity index (χ1v) is 6.65. The first kappa shape index (κ1) is 19.7. The van der Waals surface area contributed by atoms with Gasteiger partial charge in [-0.3, -0.25) is 4.79 Å². The molecule has 4 heteroatoms. The molecule has 0 aromatic rings. The zero-order chi connectivity index (χ0) is 13.7. The SMILES string of the molecule is CCCCCC(C)(C)C(C)(C(=O)O)C(O)CC.N. The molecule has 18 heavy (non-hydrogen) atoms. The van der Waals surface area contributed by atoms with Gasteiger partial charge in [0, 0.05) is 0 Å². The lowest BCUT2D eigenvalue weighted by Crippen LogP contribution is -2.50. The summed E-state index contributed by atoms with van der Waals surface area (Å²) in [7, 11) is 0. The quantitative estimate of drug-likeness (QED) is 0.582.